The molecule has 0 aliphatic heterocycles. The van der Waals surface area contributed by atoms with Gasteiger partial charge in [-0.15, -0.1) is 0 Å². The molecule has 0 rings (SSSR count). The molecule has 0 aromatic heterocycles. The van der Waals surface area contributed by atoms with Gasteiger partial charge in [-0.25, -0.2) is 9.59 Å². The van der Waals surface area contributed by atoms with Gasteiger partial charge < -0.3 is 20.1 Å². The zero-order chi connectivity index (χ0) is 12.0. The molecule has 0 spiro atoms. The second kappa shape index (κ2) is 5.84. The number of carbonyl (C=O) groups is 3. The first-order chi connectivity index (χ1) is 6.90. The molecule has 0 aliphatic carbocycles. The normalized spacial score (nSPS) is 11.4. The summed E-state index contributed by atoms with van der Waals surface area (Å²) in [6, 6.07) is -1.60. The van der Waals surface area contributed by atoms with Crippen LogP contribution in [0.1, 0.15) is 6.92 Å². The fraction of sp³-hybridized carbons (Fsp3) is 0.625. The highest BCUT2D eigenvalue weighted by Gasteiger charge is 2.21. The Balaban J connectivity index is 4.10. The Morgan fingerprint density at radius 3 is 2.40 bits per heavy atom. The first kappa shape index (κ1) is 13.2. The molecule has 7 nitrogen and oxygen atoms in total. The van der Waals surface area contributed by atoms with Crippen LogP contribution in [0.3, 0.4) is 0 Å². The van der Waals surface area contributed by atoms with Crippen molar-refractivity contribution >= 4 is 18.0 Å². The number of urea groups is 1. The third kappa shape index (κ3) is 4.30. The molecule has 0 heterocycles. The molecular weight excluding hydrogens is 204 g/mol. The van der Waals surface area contributed by atoms with Crippen LogP contribution in [0.15, 0.2) is 0 Å². The lowest BCUT2D eigenvalue weighted by molar-refractivity contribution is -0.141. The molecule has 0 aliphatic rings. The number of likely N-dealkylation sites (N-methyl/N-ethyl adjacent to an activating group) is 1. The maximum Gasteiger partial charge on any atom is 0.326 e. The van der Waals surface area contributed by atoms with E-state index in [4.69, 9.17) is 5.11 Å². The summed E-state index contributed by atoms with van der Waals surface area (Å²) in [4.78, 5) is 33.4. The number of hydrogen-bond acceptors (Lipinski definition) is 4. The van der Waals surface area contributed by atoms with Gasteiger partial charge in [0, 0.05) is 7.05 Å². The summed E-state index contributed by atoms with van der Waals surface area (Å²) in [6.07, 6.45) is 0. The van der Waals surface area contributed by atoms with Gasteiger partial charge in [-0.1, -0.05) is 0 Å². The monoisotopic (exact) mass is 218 g/mol. The first-order valence-corrected chi connectivity index (χ1v) is 4.20. The summed E-state index contributed by atoms with van der Waals surface area (Å²) in [6.45, 7) is 1.08. The number of esters is 1. The Morgan fingerprint density at radius 1 is 1.47 bits per heavy atom. The molecule has 2 N–H and O–H groups in total. The van der Waals surface area contributed by atoms with Crippen LogP contribution in [0.2, 0.25) is 0 Å². The van der Waals surface area contributed by atoms with Crippen LogP contribution >= 0.6 is 0 Å². The van der Waals surface area contributed by atoms with Crippen LogP contribution < -0.4 is 5.32 Å². The van der Waals surface area contributed by atoms with E-state index in [-0.39, 0.29) is 6.54 Å². The number of carbonyl (C=O) groups excluding carboxylic acids is 2. The molecule has 7 heteroatoms. The molecule has 0 saturated carbocycles. The lowest BCUT2D eigenvalue weighted by atomic mass is 10.3. The number of nitrogens with zero attached hydrogens (tertiary/aromatic N) is 1. The van der Waals surface area contributed by atoms with Gasteiger partial charge in [-0.05, 0) is 6.92 Å². The number of carboxylic acids is 1. The molecule has 1 unspecified atom stereocenters. The van der Waals surface area contributed by atoms with E-state index < -0.39 is 24.0 Å². The first-order valence-electron chi connectivity index (χ1n) is 4.20. The van der Waals surface area contributed by atoms with E-state index in [1.165, 1.54) is 21.1 Å². The van der Waals surface area contributed by atoms with Crippen molar-refractivity contribution in [1.82, 2.24) is 10.2 Å². The number of amides is 2. The topological polar surface area (TPSA) is 95.9 Å². The molecule has 15 heavy (non-hydrogen) atoms. The van der Waals surface area contributed by atoms with Crippen LogP contribution in [0.4, 0.5) is 4.79 Å². The molecule has 1 atom stereocenters. The quantitative estimate of drug-likeness (QED) is 0.607. The van der Waals surface area contributed by atoms with Gasteiger partial charge >= 0.3 is 18.0 Å². The van der Waals surface area contributed by atoms with Crippen molar-refractivity contribution in [3.05, 3.63) is 0 Å². The fourth-order valence-corrected chi connectivity index (χ4v) is 0.686. The van der Waals surface area contributed by atoms with Crippen molar-refractivity contribution in [2.75, 3.05) is 20.7 Å². The van der Waals surface area contributed by atoms with Crippen molar-refractivity contribution in [2.24, 2.45) is 0 Å². The molecule has 0 aromatic rings. The smallest absolute Gasteiger partial charge is 0.326 e. The van der Waals surface area contributed by atoms with Gasteiger partial charge in [-0.2, -0.15) is 0 Å². The van der Waals surface area contributed by atoms with Gasteiger partial charge in [0.15, 0.2) is 0 Å². The van der Waals surface area contributed by atoms with Crippen molar-refractivity contribution < 1.29 is 24.2 Å². The molecule has 86 valence electrons. The van der Waals surface area contributed by atoms with Crippen LogP contribution in [0.5, 0.6) is 0 Å². The molecule has 2 amide bonds. The van der Waals surface area contributed by atoms with Crippen molar-refractivity contribution in [1.29, 1.82) is 0 Å². The predicted molar refractivity (Wildman–Crippen MR) is 50.3 cm³/mol. The van der Waals surface area contributed by atoms with E-state index in [2.05, 4.69) is 10.1 Å². The minimum absolute atomic E-state index is 0.286. The molecule has 0 bridgehead atoms. The van der Waals surface area contributed by atoms with Gasteiger partial charge in [0.2, 0.25) is 0 Å². The van der Waals surface area contributed by atoms with E-state index in [9.17, 15) is 14.4 Å². The zero-order valence-electron chi connectivity index (χ0n) is 8.81. The van der Waals surface area contributed by atoms with E-state index >= 15 is 0 Å². The fourth-order valence-electron chi connectivity index (χ4n) is 0.686. The summed E-state index contributed by atoms with van der Waals surface area (Å²) < 4.78 is 4.30. The summed E-state index contributed by atoms with van der Waals surface area (Å²) in [7, 11) is 2.52. The van der Waals surface area contributed by atoms with Gasteiger partial charge in [0.25, 0.3) is 0 Å². The second-order valence-corrected chi connectivity index (χ2v) is 2.86. The Hall–Kier alpha value is -1.79. The molecule has 0 aromatic carbocycles. The Morgan fingerprint density at radius 2 is 2.00 bits per heavy atom. The summed E-state index contributed by atoms with van der Waals surface area (Å²) in [5, 5.41) is 10.8. The van der Waals surface area contributed by atoms with E-state index in [0.717, 1.165) is 4.90 Å². The number of carboxylic acid groups (broad SMARTS) is 1. The van der Waals surface area contributed by atoms with Gasteiger partial charge in [-0.3, -0.25) is 4.79 Å². The SMILES string of the molecule is COC(=O)CNC(=O)N(C)C(C)C(=O)O. The number of hydrogen-bond donors (Lipinski definition) is 2. The molecule has 0 saturated heterocycles. The number of ether oxygens (including phenoxy) is 1. The molecule has 0 fully saturated rings. The minimum Gasteiger partial charge on any atom is -0.480 e. The van der Waals surface area contributed by atoms with Crippen LogP contribution in [-0.4, -0.2) is 54.7 Å². The highest BCUT2D eigenvalue weighted by Crippen LogP contribution is 1.95. The van der Waals surface area contributed by atoms with E-state index in [0.29, 0.717) is 0 Å². The highest BCUT2D eigenvalue weighted by atomic mass is 16.5. The van der Waals surface area contributed by atoms with E-state index in [1.807, 2.05) is 0 Å². The lowest BCUT2D eigenvalue weighted by Gasteiger charge is -2.21. The van der Waals surface area contributed by atoms with Crippen molar-refractivity contribution in [3.8, 4) is 0 Å². The lowest BCUT2D eigenvalue weighted by Crippen LogP contribution is -2.47. The largest absolute Gasteiger partial charge is 0.480 e. The Bertz CT molecular complexity index is 266. The Kier molecular flexibility index (Phi) is 5.14. The Labute approximate surface area is 87.0 Å². The van der Waals surface area contributed by atoms with Crippen LogP contribution in [-0.2, 0) is 14.3 Å². The third-order valence-corrected chi connectivity index (χ3v) is 1.87. The average molecular weight is 218 g/mol. The predicted octanol–water partition coefficient (Wildman–Crippen LogP) is -0.726. The molecular formula is C8H14N2O5. The number of methoxy groups -OCH3 is 1. The number of nitrogens with one attached hydrogen (secondary N) is 1. The summed E-state index contributed by atoms with van der Waals surface area (Å²) in [5.74, 6) is -1.72. The maximum absolute atomic E-state index is 11.3. The minimum atomic E-state index is -1.12. The van der Waals surface area contributed by atoms with Crippen molar-refractivity contribution in [2.45, 2.75) is 13.0 Å². The third-order valence-electron chi connectivity index (χ3n) is 1.87. The number of rotatable bonds is 4. The second-order valence-electron chi connectivity index (χ2n) is 2.86. The summed E-state index contributed by atoms with van der Waals surface area (Å²) >= 11 is 0. The van der Waals surface area contributed by atoms with Crippen molar-refractivity contribution in [3.63, 3.8) is 0 Å². The highest BCUT2D eigenvalue weighted by molar-refractivity contribution is 5.84. The van der Waals surface area contributed by atoms with Crippen LogP contribution in [0, 0.1) is 0 Å². The standard InChI is InChI=1S/C8H14N2O5/c1-5(7(12)13)10(2)8(14)9-4-6(11)15-3/h5H,4H2,1-3H3,(H,9,14)(H,12,13). The van der Waals surface area contributed by atoms with Gasteiger partial charge in [0.1, 0.15) is 12.6 Å². The maximum atomic E-state index is 11.3. The molecule has 0 radical (unpaired) electrons. The summed E-state index contributed by atoms with van der Waals surface area (Å²) in [5.41, 5.74) is 0. The van der Waals surface area contributed by atoms with Crippen LogP contribution in [0.25, 0.3) is 0 Å². The number of aliphatic carboxylic acids is 1. The zero-order valence-corrected chi connectivity index (χ0v) is 8.81. The average Bonchev–Trinajstić information content (AvgIpc) is 2.22. The van der Waals surface area contributed by atoms with E-state index in [1.54, 1.807) is 0 Å². The van der Waals surface area contributed by atoms with Gasteiger partial charge in [0.05, 0.1) is 7.11 Å².